The first kappa shape index (κ1) is 31.9. The summed E-state index contributed by atoms with van der Waals surface area (Å²) in [5.74, 6) is 2.04. The third-order valence-corrected chi connectivity index (χ3v) is 8.20. The van der Waals surface area contributed by atoms with Gasteiger partial charge in [0.25, 0.3) is 0 Å². The maximum absolute atomic E-state index is 13.0. The van der Waals surface area contributed by atoms with Crippen LogP contribution in [0.4, 0.5) is 23.7 Å². The number of urea groups is 1. The Balaban J connectivity index is 1.23. The summed E-state index contributed by atoms with van der Waals surface area (Å²) < 4.78 is 48.1. The number of amidine groups is 1. The van der Waals surface area contributed by atoms with Crippen molar-refractivity contribution in [1.29, 1.82) is 0 Å². The number of hydrogen-bond acceptors (Lipinski definition) is 6. The lowest BCUT2D eigenvalue weighted by atomic mass is 9.99. The second-order valence-electron chi connectivity index (χ2n) is 10.7. The molecule has 5 rings (SSSR count). The second-order valence-corrected chi connectivity index (χ2v) is 11.8. The first-order valence-corrected chi connectivity index (χ1v) is 15.3. The summed E-state index contributed by atoms with van der Waals surface area (Å²) >= 11 is 1.57. The summed E-state index contributed by atoms with van der Waals surface area (Å²) in [4.78, 5) is 23.9. The maximum Gasteiger partial charge on any atom is 0.573 e. The van der Waals surface area contributed by atoms with Gasteiger partial charge in [0.2, 0.25) is 0 Å². The number of aliphatic imine (C=N–C) groups is 1. The normalized spacial score (nSPS) is 16.2. The minimum Gasteiger partial charge on any atom is -0.497 e. The highest BCUT2D eigenvalue weighted by Crippen LogP contribution is 2.37. The molecule has 1 fully saturated rings. The molecule has 0 aliphatic carbocycles. The van der Waals surface area contributed by atoms with E-state index in [2.05, 4.69) is 50.8 Å². The first-order valence-electron chi connectivity index (χ1n) is 14.3. The summed E-state index contributed by atoms with van der Waals surface area (Å²) in [6.07, 6.45) is -2.31. The number of nitrogens with zero attached hydrogens (tertiary/aromatic N) is 5. The third kappa shape index (κ3) is 7.96. The molecule has 13 heteroatoms. The van der Waals surface area contributed by atoms with E-state index in [0.717, 1.165) is 40.3 Å². The van der Waals surface area contributed by atoms with Crippen LogP contribution in [0.25, 0.3) is 17.1 Å². The molecule has 4 aromatic rings. The van der Waals surface area contributed by atoms with Gasteiger partial charge in [-0.1, -0.05) is 49.9 Å². The van der Waals surface area contributed by atoms with Gasteiger partial charge in [-0.3, -0.25) is 0 Å². The summed E-state index contributed by atoms with van der Waals surface area (Å²) in [5, 5.41) is 7.98. The van der Waals surface area contributed by atoms with Crippen LogP contribution in [0.5, 0.6) is 11.5 Å². The zero-order valence-electron chi connectivity index (χ0n) is 25.2. The van der Waals surface area contributed by atoms with Crippen LogP contribution in [0.3, 0.4) is 0 Å². The molecule has 9 nitrogen and oxygen atoms in total. The summed E-state index contributed by atoms with van der Waals surface area (Å²) in [6, 6.07) is 18.5. The standard InChI is InChI=1S/C32H33F3N6O3S/c1-20(2)27-17-26(43-4)13-14-28(27)41-21(3)15-16-45-31(41)38-30(42)36-18-22-5-7-23(8-6-22)29-37-19-40(39-29)24-9-11-25(12-10-24)44-32(33,34)35/h5-14,17,19-21H,15-16,18H2,1-4H3,(H,36,42). The number of alkyl halides is 3. The van der Waals surface area contributed by atoms with E-state index >= 15 is 0 Å². The Labute approximate surface area is 263 Å². The molecule has 2 amide bonds. The van der Waals surface area contributed by atoms with E-state index in [1.807, 2.05) is 42.5 Å². The van der Waals surface area contributed by atoms with Crippen molar-refractivity contribution in [3.8, 4) is 28.6 Å². The number of nitrogens with one attached hydrogen (secondary N) is 1. The minimum absolute atomic E-state index is 0.177. The molecule has 45 heavy (non-hydrogen) atoms. The molecule has 0 radical (unpaired) electrons. The molecule has 1 N–H and O–H groups in total. The molecule has 1 unspecified atom stereocenters. The van der Waals surface area contributed by atoms with E-state index < -0.39 is 12.4 Å². The molecule has 1 atom stereocenters. The van der Waals surface area contributed by atoms with Gasteiger partial charge in [-0.05, 0) is 72.9 Å². The van der Waals surface area contributed by atoms with Crippen LogP contribution in [0.15, 0.2) is 78.0 Å². The molecule has 0 spiro atoms. The van der Waals surface area contributed by atoms with Crippen LogP contribution >= 0.6 is 11.8 Å². The number of anilines is 1. The molecular weight excluding hydrogens is 605 g/mol. The minimum atomic E-state index is -4.76. The molecule has 0 saturated carbocycles. The number of hydrogen-bond donors (Lipinski definition) is 1. The molecule has 236 valence electrons. The molecule has 0 bridgehead atoms. The summed E-state index contributed by atoms with van der Waals surface area (Å²) in [7, 11) is 1.65. The number of carbonyl (C=O) groups is 1. The fraction of sp³-hybridized carbons (Fsp3) is 0.312. The molecule has 1 saturated heterocycles. The van der Waals surface area contributed by atoms with E-state index in [1.165, 1.54) is 35.3 Å². The average molecular weight is 639 g/mol. The van der Waals surface area contributed by atoms with Crippen molar-refractivity contribution in [3.05, 3.63) is 84.2 Å². The van der Waals surface area contributed by atoms with Crippen LogP contribution < -0.4 is 19.7 Å². The second kappa shape index (κ2) is 13.6. The van der Waals surface area contributed by atoms with Gasteiger partial charge in [0.15, 0.2) is 11.0 Å². The number of carbonyl (C=O) groups excluding carboxylic acids is 1. The number of aromatic nitrogens is 3. The molecule has 1 aliphatic rings. The van der Waals surface area contributed by atoms with Crippen LogP contribution in [0, 0.1) is 0 Å². The van der Waals surface area contributed by atoms with E-state index in [1.54, 1.807) is 18.9 Å². The van der Waals surface area contributed by atoms with Gasteiger partial charge in [-0.2, -0.15) is 4.99 Å². The Hall–Kier alpha value is -4.52. The van der Waals surface area contributed by atoms with Crippen LogP contribution in [0.2, 0.25) is 0 Å². The molecule has 1 aliphatic heterocycles. The van der Waals surface area contributed by atoms with Crippen molar-refractivity contribution in [3.63, 3.8) is 0 Å². The lowest BCUT2D eigenvalue weighted by molar-refractivity contribution is -0.274. The Morgan fingerprint density at radius 1 is 1.09 bits per heavy atom. The van der Waals surface area contributed by atoms with Gasteiger partial charge in [-0.15, -0.1) is 18.3 Å². The van der Waals surface area contributed by atoms with Crippen molar-refractivity contribution < 1.29 is 27.4 Å². The Bertz CT molecular complexity index is 1660. The predicted octanol–water partition coefficient (Wildman–Crippen LogP) is 7.56. The lowest BCUT2D eigenvalue weighted by Crippen LogP contribution is -2.42. The van der Waals surface area contributed by atoms with E-state index in [-0.39, 0.29) is 24.3 Å². The first-order chi connectivity index (χ1) is 21.5. The van der Waals surface area contributed by atoms with Gasteiger partial charge in [0.1, 0.15) is 17.8 Å². The fourth-order valence-corrected chi connectivity index (χ4v) is 6.08. The molecular formula is C32H33F3N6O3S. The number of ether oxygens (including phenoxy) is 2. The highest BCUT2D eigenvalue weighted by Gasteiger charge is 2.31. The number of methoxy groups -OCH3 is 1. The number of rotatable bonds is 8. The van der Waals surface area contributed by atoms with E-state index in [9.17, 15) is 18.0 Å². The third-order valence-electron chi connectivity index (χ3n) is 7.21. The maximum atomic E-state index is 13.0. The number of thioether (sulfide) groups is 1. The van der Waals surface area contributed by atoms with E-state index in [4.69, 9.17) is 4.74 Å². The molecule has 3 aromatic carbocycles. The zero-order chi connectivity index (χ0) is 32.1. The van der Waals surface area contributed by atoms with Gasteiger partial charge >= 0.3 is 12.4 Å². The van der Waals surface area contributed by atoms with Gasteiger partial charge in [0, 0.05) is 29.6 Å². The monoisotopic (exact) mass is 638 g/mol. The Morgan fingerprint density at radius 3 is 2.47 bits per heavy atom. The predicted molar refractivity (Wildman–Crippen MR) is 169 cm³/mol. The van der Waals surface area contributed by atoms with Crippen LogP contribution in [-0.4, -0.2) is 51.2 Å². The quantitative estimate of drug-likeness (QED) is 0.213. The van der Waals surface area contributed by atoms with Crippen LogP contribution in [-0.2, 0) is 6.54 Å². The fourth-order valence-electron chi connectivity index (χ4n) is 4.87. The van der Waals surface area contributed by atoms with Crippen molar-refractivity contribution in [2.45, 2.75) is 52.1 Å². The Morgan fingerprint density at radius 2 is 1.80 bits per heavy atom. The zero-order valence-corrected chi connectivity index (χ0v) is 26.0. The topological polar surface area (TPSA) is 93.9 Å². The highest BCUT2D eigenvalue weighted by molar-refractivity contribution is 8.14. The smallest absolute Gasteiger partial charge is 0.497 e. The van der Waals surface area contributed by atoms with Crippen molar-refractivity contribution in [1.82, 2.24) is 20.1 Å². The van der Waals surface area contributed by atoms with Gasteiger partial charge < -0.3 is 19.7 Å². The SMILES string of the molecule is COc1ccc(N2C(=NC(=O)NCc3ccc(-c4ncn(-c5ccc(OC(F)(F)F)cc5)n4)cc3)SCCC2C)c(C(C)C)c1. The molecule has 1 aromatic heterocycles. The average Bonchev–Trinajstić information content (AvgIpc) is 3.50. The summed E-state index contributed by atoms with van der Waals surface area (Å²) in [5.41, 5.74) is 4.29. The summed E-state index contributed by atoms with van der Waals surface area (Å²) in [6.45, 7) is 6.69. The van der Waals surface area contributed by atoms with Gasteiger partial charge in [0.05, 0.1) is 12.8 Å². The van der Waals surface area contributed by atoms with Crippen LogP contribution in [0.1, 0.15) is 44.2 Å². The lowest BCUT2D eigenvalue weighted by Gasteiger charge is -2.37. The van der Waals surface area contributed by atoms with Gasteiger partial charge in [-0.25, -0.2) is 14.5 Å². The van der Waals surface area contributed by atoms with Crippen molar-refractivity contribution in [2.24, 2.45) is 4.99 Å². The van der Waals surface area contributed by atoms with Crippen molar-refractivity contribution >= 4 is 28.6 Å². The molecule has 2 heterocycles. The van der Waals surface area contributed by atoms with E-state index in [0.29, 0.717) is 16.7 Å². The largest absolute Gasteiger partial charge is 0.573 e. The van der Waals surface area contributed by atoms with Crippen molar-refractivity contribution in [2.75, 3.05) is 17.8 Å². The highest BCUT2D eigenvalue weighted by atomic mass is 32.2. The number of benzene rings is 3. The number of halogens is 3. The Kier molecular flexibility index (Phi) is 9.66. The number of amides is 2.